The zero-order valence-electron chi connectivity index (χ0n) is 16.6. The normalized spacial score (nSPS) is 16.4. The lowest BCUT2D eigenvalue weighted by atomic mass is 10.1. The first-order valence-electron chi connectivity index (χ1n) is 9.80. The lowest BCUT2D eigenvalue weighted by Crippen LogP contribution is -2.43. The molecule has 28 heavy (non-hydrogen) atoms. The Morgan fingerprint density at radius 1 is 1.32 bits per heavy atom. The van der Waals surface area contributed by atoms with Crippen molar-refractivity contribution >= 4 is 17.0 Å². The summed E-state index contributed by atoms with van der Waals surface area (Å²) >= 11 is 0. The van der Waals surface area contributed by atoms with Crippen molar-refractivity contribution < 1.29 is 9.32 Å². The molecule has 0 aliphatic carbocycles. The Bertz CT molecular complexity index is 986. The lowest BCUT2D eigenvalue weighted by molar-refractivity contribution is 0.0927. The summed E-state index contributed by atoms with van der Waals surface area (Å²) in [5, 5.41) is 12.0. The molecule has 1 atom stereocenters. The van der Waals surface area contributed by atoms with E-state index in [1.54, 1.807) is 16.9 Å². The van der Waals surface area contributed by atoms with Crippen molar-refractivity contribution in [1.29, 1.82) is 0 Å². The number of piperidine rings is 1. The summed E-state index contributed by atoms with van der Waals surface area (Å²) in [6.45, 7) is 6.95. The van der Waals surface area contributed by atoms with Crippen LogP contribution in [0.15, 0.2) is 23.0 Å². The van der Waals surface area contributed by atoms with Gasteiger partial charge in [-0.2, -0.15) is 5.10 Å². The van der Waals surface area contributed by atoms with Gasteiger partial charge in [0.05, 0.1) is 28.5 Å². The predicted octanol–water partition coefficient (Wildman–Crippen LogP) is 2.54. The number of carbonyl (C=O) groups excluding carboxylic acids is 1. The van der Waals surface area contributed by atoms with Crippen molar-refractivity contribution in [3.05, 3.63) is 29.7 Å². The smallest absolute Gasteiger partial charge is 0.259 e. The lowest BCUT2D eigenvalue weighted by Gasteiger charge is -2.29. The molecule has 1 saturated heterocycles. The number of nitrogens with zero attached hydrogens (tertiary/aromatic N) is 5. The molecule has 1 fully saturated rings. The van der Waals surface area contributed by atoms with Crippen molar-refractivity contribution in [3.8, 4) is 11.3 Å². The highest BCUT2D eigenvalue weighted by molar-refractivity contribution is 6.07. The van der Waals surface area contributed by atoms with Crippen molar-refractivity contribution in [2.24, 2.45) is 7.05 Å². The number of amides is 1. The maximum Gasteiger partial charge on any atom is 0.259 e. The summed E-state index contributed by atoms with van der Waals surface area (Å²) in [4.78, 5) is 20.0. The number of rotatable bonds is 5. The minimum atomic E-state index is -0.131. The van der Waals surface area contributed by atoms with Crippen LogP contribution in [0.5, 0.6) is 0 Å². The standard InChI is InChI=1S/C20H26N6O2/c1-13(11-26-7-5-4-6-8-26)22-19(27)16-9-17(15-10-21-25(3)12-15)23-20-18(16)14(2)24-28-20/h9-10,12-13H,4-8,11H2,1-3H3,(H,22,27). The number of nitrogens with one attached hydrogen (secondary N) is 1. The molecular weight excluding hydrogens is 356 g/mol. The predicted molar refractivity (Wildman–Crippen MR) is 106 cm³/mol. The molecule has 1 N–H and O–H groups in total. The van der Waals surface area contributed by atoms with Gasteiger partial charge in [-0.15, -0.1) is 0 Å². The number of hydrogen-bond acceptors (Lipinski definition) is 6. The Morgan fingerprint density at radius 2 is 2.11 bits per heavy atom. The summed E-state index contributed by atoms with van der Waals surface area (Å²) < 4.78 is 7.06. The summed E-state index contributed by atoms with van der Waals surface area (Å²) in [5.41, 5.74) is 3.04. The third-order valence-electron chi connectivity index (χ3n) is 5.22. The molecule has 4 heterocycles. The monoisotopic (exact) mass is 382 g/mol. The minimum Gasteiger partial charge on any atom is -0.348 e. The van der Waals surface area contributed by atoms with Crippen LogP contribution in [0.25, 0.3) is 22.4 Å². The molecule has 1 amide bonds. The highest BCUT2D eigenvalue weighted by atomic mass is 16.5. The molecule has 0 bridgehead atoms. The fourth-order valence-electron chi connectivity index (χ4n) is 3.85. The van der Waals surface area contributed by atoms with E-state index in [4.69, 9.17) is 4.52 Å². The maximum atomic E-state index is 13.1. The number of likely N-dealkylation sites (tertiary alicyclic amines) is 1. The van der Waals surface area contributed by atoms with Crippen LogP contribution in [0.2, 0.25) is 0 Å². The van der Waals surface area contributed by atoms with Gasteiger partial charge in [0, 0.05) is 31.4 Å². The molecule has 0 saturated carbocycles. The summed E-state index contributed by atoms with van der Waals surface area (Å²) in [6.07, 6.45) is 7.35. The molecule has 0 spiro atoms. The second-order valence-corrected chi connectivity index (χ2v) is 7.64. The van der Waals surface area contributed by atoms with E-state index < -0.39 is 0 Å². The SMILES string of the molecule is Cc1noc2nc(-c3cnn(C)c3)cc(C(=O)NC(C)CN3CCCCC3)c12. The number of aromatic nitrogens is 4. The zero-order valence-corrected chi connectivity index (χ0v) is 16.6. The quantitative estimate of drug-likeness (QED) is 0.729. The second-order valence-electron chi connectivity index (χ2n) is 7.64. The number of aryl methyl sites for hydroxylation is 2. The third-order valence-corrected chi connectivity index (χ3v) is 5.22. The van der Waals surface area contributed by atoms with Gasteiger partial charge >= 0.3 is 0 Å². The van der Waals surface area contributed by atoms with Crippen LogP contribution >= 0.6 is 0 Å². The van der Waals surface area contributed by atoms with Crippen molar-refractivity contribution in [1.82, 2.24) is 30.1 Å². The van der Waals surface area contributed by atoms with Gasteiger partial charge < -0.3 is 14.7 Å². The van der Waals surface area contributed by atoms with Gasteiger partial charge in [-0.1, -0.05) is 11.6 Å². The van der Waals surface area contributed by atoms with Crippen LogP contribution in [0.1, 0.15) is 42.2 Å². The Labute approximate surface area is 163 Å². The zero-order chi connectivity index (χ0) is 19.7. The Hall–Kier alpha value is -2.74. The molecule has 4 rings (SSSR count). The van der Waals surface area contributed by atoms with E-state index in [1.807, 2.05) is 27.1 Å². The highest BCUT2D eigenvalue weighted by Gasteiger charge is 2.22. The maximum absolute atomic E-state index is 13.1. The highest BCUT2D eigenvalue weighted by Crippen LogP contribution is 2.26. The molecule has 8 nitrogen and oxygen atoms in total. The minimum absolute atomic E-state index is 0.0517. The van der Waals surface area contributed by atoms with E-state index in [0.29, 0.717) is 28.1 Å². The van der Waals surface area contributed by atoms with Crippen LogP contribution < -0.4 is 5.32 Å². The summed E-state index contributed by atoms with van der Waals surface area (Å²) in [5.74, 6) is -0.131. The largest absolute Gasteiger partial charge is 0.348 e. The first kappa shape index (κ1) is 18.6. The first-order chi connectivity index (χ1) is 13.5. The number of pyridine rings is 1. The van der Waals surface area contributed by atoms with Crippen LogP contribution in [0, 0.1) is 6.92 Å². The van der Waals surface area contributed by atoms with Crippen molar-refractivity contribution in [2.45, 2.75) is 39.2 Å². The van der Waals surface area contributed by atoms with E-state index in [9.17, 15) is 4.79 Å². The molecule has 3 aromatic heterocycles. The van der Waals surface area contributed by atoms with Gasteiger partial charge in [-0.25, -0.2) is 4.98 Å². The molecule has 1 aliphatic rings. The van der Waals surface area contributed by atoms with Crippen molar-refractivity contribution in [3.63, 3.8) is 0 Å². The first-order valence-corrected chi connectivity index (χ1v) is 9.80. The van der Waals surface area contributed by atoms with Crippen LogP contribution in [0.4, 0.5) is 0 Å². The average molecular weight is 382 g/mol. The molecule has 3 aromatic rings. The van der Waals surface area contributed by atoms with Crippen LogP contribution in [-0.4, -0.2) is 56.4 Å². The molecule has 148 valence electrons. The van der Waals surface area contributed by atoms with Gasteiger partial charge in [0.2, 0.25) is 0 Å². The van der Waals surface area contributed by atoms with E-state index in [1.165, 1.54) is 19.3 Å². The molecule has 1 aliphatic heterocycles. The Morgan fingerprint density at radius 3 is 2.82 bits per heavy atom. The fraction of sp³-hybridized carbons (Fsp3) is 0.500. The van der Waals surface area contributed by atoms with E-state index in [-0.39, 0.29) is 11.9 Å². The van der Waals surface area contributed by atoms with Gasteiger partial charge in [0.15, 0.2) is 0 Å². The summed E-state index contributed by atoms with van der Waals surface area (Å²) in [6, 6.07) is 1.85. The molecule has 0 aromatic carbocycles. The third kappa shape index (κ3) is 3.77. The van der Waals surface area contributed by atoms with Crippen LogP contribution in [-0.2, 0) is 7.05 Å². The van der Waals surface area contributed by atoms with Gasteiger partial charge in [-0.3, -0.25) is 9.48 Å². The molecule has 8 heteroatoms. The van der Waals surface area contributed by atoms with Gasteiger partial charge in [-0.05, 0) is 45.8 Å². The topological polar surface area (TPSA) is 89.1 Å². The van der Waals surface area contributed by atoms with Gasteiger partial charge in [0.25, 0.3) is 11.6 Å². The Balaban J connectivity index is 1.60. The van der Waals surface area contributed by atoms with Gasteiger partial charge in [0.1, 0.15) is 0 Å². The number of hydrogen-bond donors (Lipinski definition) is 1. The second kappa shape index (κ2) is 7.71. The van der Waals surface area contributed by atoms with Crippen molar-refractivity contribution in [2.75, 3.05) is 19.6 Å². The molecular formula is C20H26N6O2. The number of fused-ring (bicyclic) bond motifs is 1. The van der Waals surface area contributed by atoms with E-state index in [2.05, 4.69) is 25.5 Å². The van der Waals surface area contributed by atoms with Crippen LogP contribution in [0.3, 0.4) is 0 Å². The fourth-order valence-corrected chi connectivity index (χ4v) is 3.85. The average Bonchev–Trinajstić information content (AvgIpc) is 3.28. The van der Waals surface area contributed by atoms with E-state index >= 15 is 0 Å². The Kier molecular flexibility index (Phi) is 5.13. The van der Waals surface area contributed by atoms with E-state index in [0.717, 1.165) is 25.2 Å². The molecule has 0 radical (unpaired) electrons. The summed E-state index contributed by atoms with van der Waals surface area (Å²) in [7, 11) is 1.84. The molecule has 1 unspecified atom stereocenters. The number of carbonyl (C=O) groups is 1.